The van der Waals surface area contributed by atoms with E-state index in [1.165, 1.54) is 26.1 Å². The molecule has 2 heteroatoms. The van der Waals surface area contributed by atoms with E-state index in [9.17, 15) is 0 Å². The van der Waals surface area contributed by atoms with Crippen LogP contribution < -0.4 is 5.32 Å². The summed E-state index contributed by atoms with van der Waals surface area (Å²) >= 11 is 0. The van der Waals surface area contributed by atoms with Crippen LogP contribution in [0.4, 0.5) is 0 Å². The van der Waals surface area contributed by atoms with Gasteiger partial charge in [0.1, 0.15) is 0 Å². The van der Waals surface area contributed by atoms with Gasteiger partial charge in [-0.2, -0.15) is 0 Å². The fraction of sp³-hybridized carbons (Fsp3) is 0.833. The van der Waals surface area contributed by atoms with Crippen LogP contribution in [0.1, 0.15) is 27.2 Å². The molecule has 1 aliphatic rings. The van der Waals surface area contributed by atoms with E-state index in [-0.39, 0.29) is 5.54 Å². The van der Waals surface area contributed by atoms with E-state index < -0.39 is 0 Å². The predicted molar refractivity (Wildman–Crippen MR) is 62.5 cm³/mol. The van der Waals surface area contributed by atoms with Crippen molar-refractivity contribution in [3.8, 4) is 0 Å². The highest BCUT2D eigenvalue weighted by Gasteiger charge is 2.23. The Labute approximate surface area is 88.4 Å². The molecular weight excluding hydrogens is 172 g/mol. The van der Waals surface area contributed by atoms with E-state index in [1.54, 1.807) is 0 Å². The molecule has 1 rings (SSSR count). The molecule has 0 aromatic heterocycles. The van der Waals surface area contributed by atoms with Gasteiger partial charge in [0, 0.05) is 12.1 Å². The van der Waals surface area contributed by atoms with Crippen molar-refractivity contribution in [2.75, 3.05) is 26.2 Å². The molecule has 82 valence electrons. The normalized spacial score (nSPS) is 18.3. The molecular formula is C12H24N2. The van der Waals surface area contributed by atoms with E-state index in [0.717, 1.165) is 12.5 Å². The van der Waals surface area contributed by atoms with Crippen LogP contribution in [-0.4, -0.2) is 36.6 Å². The van der Waals surface area contributed by atoms with Gasteiger partial charge in [0.2, 0.25) is 0 Å². The van der Waals surface area contributed by atoms with Crippen molar-refractivity contribution in [3.05, 3.63) is 12.7 Å². The fourth-order valence-electron chi connectivity index (χ4n) is 1.75. The molecule has 0 saturated carbocycles. The van der Waals surface area contributed by atoms with E-state index in [2.05, 4.69) is 37.6 Å². The molecule has 2 nitrogen and oxygen atoms in total. The van der Waals surface area contributed by atoms with Crippen molar-refractivity contribution in [1.82, 2.24) is 10.2 Å². The van der Waals surface area contributed by atoms with E-state index >= 15 is 0 Å². The Hall–Kier alpha value is -0.340. The van der Waals surface area contributed by atoms with Gasteiger partial charge in [-0.1, -0.05) is 6.08 Å². The molecule has 1 fully saturated rings. The highest BCUT2D eigenvalue weighted by atomic mass is 15.2. The zero-order valence-electron chi connectivity index (χ0n) is 9.84. The van der Waals surface area contributed by atoms with Crippen LogP contribution >= 0.6 is 0 Å². The summed E-state index contributed by atoms with van der Waals surface area (Å²) in [5, 5.41) is 3.32. The third-order valence-corrected chi connectivity index (χ3v) is 2.97. The summed E-state index contributed by atoms with van der Waals surface area (Å²) in [6.45, 7) is 15.3. The summed E-state index contributed by atoms with van der Waals surface area (Å²) < 4.78 is 0. The Morgan fingerprint density at radius 2 is 2.07 bits per heavy atom. The Kier molecular flexibility index (Phi) is 4.14. The lowest BCUT2D eigenvalue weighted by atomic mass is 9.97. The average Bonchev–Trinajstić information content (AvgIpc) is 1.98. The number of rotatable bonds is 5. The first kappa shape index (κ1) is 11.7. The van der Waals surface area contributed by atoms with Crippen molar-refractivity contribution < 1.29 is 0 Å². The summed E-state index contributed by atoms with van der Waals surface area (Å²) in [5.41, 5.74) is 0.269. The quantitative estimate of drug-likeness (QED) is 0.675. The molecule has 1 N–H and O–H groups in total. The smallest absolute Gasteiger partial charge is 0.0165 e. The van der Waals surface area contributed by atoms with Gasteiger partial charge in [-0.3, -0.25) is 4.90 Å². The molecule has 0 aromatic rings. The number of hydrogen-bond acceptors (Lipinski definition) is 2. The largest absolute Gasteiger partial charge is 0.316 e. The first-order chi connectivity index (χ1) is 6.54. The molecule has 1 aliphatic heterocycles. The lowest BCUT2D eigenvalue weighted by Crippen LogP contribution is -2.47. The lowest BCUT2D eigenvalue weighted by Gasteiger charge is -2.37. The Balaban J connectivity index is 2.30. The Bertz CT molecular complexity index is 177. The van der Waals surface area contributed by atoms with Crippen molar-refractivity contribution in [2.24, 2.45) is 5.92 Å². The third kappa shape index (κ3) is 3.43. The topological polar surface area (TPSA) is 15.3 Å². The lowest BCUT2D eigenvalue weighted by molar-refractivity contribution is 0.136. The third-order valence-electron chi connectivity index (χ3n) is 2.97. The van der Waals surface area contributed by atoms with Crippen LogP contribution in [0.25, 0.3) is 0 Å². The highest BCUT2D eigenvalue weighted by molar-refractivity contribution is 4.84. The molecule has 14 heavy (non-hydrogen) atoms. The molecule has 0 spiro atoms. The standard InChI is InChI=1S/C12H24N2/c1-5-7-14(12(2,3)4)8-6-11-9-13-10-11/h5,11,13H,1,6-10H2,2-4H3. The van der Waals surface area contributed by atoms with Crippen LogP contribution in [0.2, 0.25) is 0 Å². The second-order valence-electron chi connectivity index (χ2n) is 5.22. The minimum absolute atomic E-state index is 0.269. The first-order valence-electron chi connectivity index (χ1n) is 5.60. The van der Waals surface area contributed by atoms with Crippen molar-refractivity contribution in [1.29, 1.82) is 0 Å². The summed E-state index contributed by atoms with van der Waals surface area (Å²) in [6, 6.07) is 0. The zero-order chi connectivity index (χ0) is 10.6. The van der Waals surface area contributed by atoms with Gasteiger partial charge in [0.15, 0.2) is 0 Å². The Morgan fingerprint density at radius 1 is 1.43 bits per heavy atom. The molecule has 0 aromatic carbocycles. The number of nitrogens with one attached hydrogen (secondary N) is 1. The fourth-order valence-corrected chi connectivity index (χ4v) is 1.75. The van der Waals surface area contributed by atoms with Gasteiger partial charge in [-0.15, -0.1) is 6.58 Å². The molecule has 0 radical (unpaired) electrons. The number of hydrogen-bond donors (Lipinski definition) is 1. The van der Waals surface area contributed by atoms with Crippen LogP contribution in [0, 0.1) is 5.92 Å². The molecule has 0 amide bonds. The second-order valence-corrected chi connectivity index (χ2v) is 5.22. The monoisotopic (exact) mass is 196 g/mol. The van der Waals surface area contributed by atoms with Crippen LogP contribution in [0.15, 0.2) is 12.7 Å². The molecule has 1 saturated heterocycles. The van der Waals surface area contributed by atoms with Gasteiger partial charge < -0.3 is 5.32 Å². The minimum atomic E-state index is 0.269. The maximum Gasteiger partial charge on any atom is 0.0165 e. The molecule has 1 heterocycles. The van der Waals surface area contributed by atoms with Gasteiger partial charge in [-0.25, -0.2) is 0 Å². The second kappa shape index (κ2) is 4.94. The summed E-state index contributed by atoms with van der Waals surface area (Å²) in [6.07, 6.45) is 3.32. The van der Waals surface area contributed by atoms with Crippen molar-refractivity contribution in [2.45, 2.75) is 32.7 Å². The minimum Gasteiger partial charge on any atom is -0.316 e. The van der Waals surface area contributed by atoms with Crippen molar-refractivity contribution >= 4 is 0 Å². The molecule has 0 atom stereocenters. The average molecular weight is 196 g/mol. The van der Waals surface area contributed by atoms with Gasteiger partial charge in [0.05, 0.1) is 0 Å². The predicted octanol–water partition coefficient (Wildman–Crippen LogP) is 1.88. The summed E-state index contributed by atoms with van der Waals surface area (Å²) in [5.74, 6) is 0.907. The van der Waals surface area contributed by atoms with Crippen LogP contribution in [-0.2, 0) is 0 Å². The van der Waals surface area contributed by atoms with E-state index in [0.29, 0.717) is 0 Å². The molecule has 0 unspecified atom stereocenters. The van der Waals surface area contributed by atoms with Gasteiger partial charge in [-0.05, 0) is 52.7 Å². The van der Waals surface area contributed by atoms with Crippen LogP contribution in [0.5, 0.6) is 0 Å². The van der Waals surface area contributed by atoms with Gasteiger partial charge >= 0.3 is 0 Å². The van der Waals surface area contributed by atoms with Crippen LogP contribution in [0.3, 0.4) is 0 Å². The maximum absolute atomic E-state index is 3.82. The van der Waals surface area contributed by atoms with E-state index in [4.69, 9.17) is 0 Å². The summed E-state index contributed by atoms with van der Waals surface area (Å²) in [7, 11) is 0. The highest BCUT2D eigenvalue weighted by Crippen LogP contribution is 2.16. The molecule has 0 aliphatic carbocycles. The number of nitrogens with zero attached hydrogens (tertiary/aromatic N) is 1. The maximum atomic E-state index is 3.82. The van der Waals surface area contributed by atoms with E-state index in [1.807, 2.05) is 6.08 Å². The summed E-state index contributed by atoms with van der Waals surface area (Å²) in [4.78, 5) is 2.50. The molecule has 0 bridgehead atoms. The first-order valence-corrected chi connectivity index (χ1v) is 5.60. The van der Waals surface area contributed by atoms with Gasteiger partial charge in [0.25, 0.3) is 0 Å². The Morgan fingerprint density at radius 3 is 2.43 bits per heavy atom. The zero-order valence-corrected chi connectivity index (χ0v) is 9.84. The van der Waals surface area contributed by atoms with Crippen molar-refractivity contribution in [3.63, 3.8) is 0 Å². The SMILES string of the molecule is C=CCN(CCC1CNC1)C(C)(C)C.